The van der Waals surface area contributed by atoms with Gasteiger partial charge in [0.25, 0.3) is 0 Å². The Bertz CT molecular complexity index is 641. The molecule has 0 bridgehead atoms. The lowest BCUT2D eigenvalue weighted by atomic mass is 10.0. The molecule has 0 aromatic carbocycles. The van der Waals surface area contributed by atoms with Crippen LogP contribution in [0.25, 0.3) is 0 Å². The molecule has 2 aliphatic rings. The number of nitrogens with zero attached hydrogens (tertiary/aromatic N) is 4. The minimum absolute atomic E-state index is 0.535. The lowest BCUT2D eigenvalue weighted by molar-refractivity contribution is 0.122. The molecule has 3 rings (SSSR count). The van der Waals surface area contributed by atoms with Gasteiger partial charge >= 0.3 is 0 Å². The van der Waals surface area contributed by atoms with Crippen LogP contribution in [-0.4, -0.2) is 74.7 Å². The summed E-state index contributed by atoms with van der Waals surface area (Å²) in [4.78, 5) is 14.1. The zero-order chi connectivity index (χ0) is 19.8. The Morgan fingerprint density at radius 1 is 1.25 bits per heavy atom. The van der Waals surface area contributed by atoms with E-state index in [4.69, 9.17) is 31.7 Å². The van der Waals surface area contributed by atoms with Crippen molar-refractivity contribution in [2.75, 3.05) is 74.8 Å². The molecule has 2 saturated heterocycles. The van der Waals surface area contributed by atoms with E-state index in [1.807, 2.05) is 0 Å². The Labute approximate surface area is 173 Å². The fourth-order valence-electron chi connectivity index (χ4n) is 3.56. The molecule has 3 heterocycles. The van der Waals surface area contributed by atoms with Gasteiger partial charge in [0.2, 0.25) is 5.95 Å². The van der Waals surface area contributed by atoms with Gasteiger partial charge in [0, 0.05) is 52.5 Å². The average molecular weight is 409 g/mol. The molecule has 0 saturated carbocycles. The van der Waals surface area contributed by atoms with Gasteiger partial charge in [0.15, 0.2) is 5.11 Å². The number of rotatable bonds is 7. The number of hydrogen-bond donors (Lipinski definition) is 2. The summed E-state index contributed by atoms with van der Waals surface area (Å²) in [5.74, 6) is 3.11. The molecule has 0 aliphatic carbocycles. The van der Waals surface area contributed by atoms with Crippen LogP contribution in [0.4, 0.5) is 17.6 Å². The Balaban J connectivity index is 1.73. The molecule has 1 atom stereocenters. The number of anilines is 3. The summed E-state index contributed by atoms with van der Waals surface area (Å²) >= 11 is 5.41. The van der Waals surface area contributed by atoms with E-state index in [1.165, 1.54) is 12.8 Å². The van der Waals surface area contributed by atoms with Crippen molar-refractivity contribution in [1.29, 1.82) is 0 Å². The van der Waals surface area contributed by atoms with Crippen molar-refractivity contribution >= 4 is 34.9 Å². The first-order valence-electron chi connectivity index (χ1n) is 10.2. The highest BCUT2D eigenvalue weighted by atomic mass is 32.1. The van der Waals surface area contributed by atoms with Crippen molar-refractivity contribution in [3.63, 3.8) is 0 Å². The average Bonchev–Trinajstić information content (AvgIpc) is 2.72. The van der Waals surface area contributed by atoms with E-state index in [1.54, 1.807) is 7.11 Å². The summed E-state index contributed by atoms with van der Waals surface area (Å²) in [5, 5.41) is 6.88. The second-order valence-electron chi connectivity index (χ2n) is 7.43. The molecule has 2 aliphatic heterocycles. The molecule has 0 radical (unpaired) electrons. The highest BCUT2D eigenvalue weighted by molar-refractivity contribution is 7.80. The normalized spacial score (nSPS) is 20.1. The predicted octanol–water partition coefficient (Wildman–Crippen LogP) is 1.87. The highest BCUT2D eigenvalue weighted by Crippen LogP contribution is 2.26. The lowest BCUT2D eigenvalue weighted by Gasteiger charge is -2.33. The fraction of sp³-hybridized carbons (Fsp3) is 0.737. The van der Waals surface area contributed by atoms with Crippen molar-refractivity contribution in [3.05, 3.63) is 6.07 Å². The first kappa shape index (κ1) is 21.0. The number of methoxy groups -OCH3 is 1. The number of piperidine rings is 1. The first-order valence-corrected chi connectivity index (χ1v) is 10.6. The molecule has 1 aromatic heterocycles. The molecule has 9 heteroatoms. The van der Waals surface area contributed by atoms with Crippen molar-refractivity contribution in [1.82, 2.24) is 15.3 Å². The zero-order valence-electron chi connectivity index (χ0n) is 16.9. The third-order valence-electron chi connectivity index (χ3n) is 5.05. The molecule has 1 unspecified atom stereocenters. The quantitative estimate of drug-likeness (QED) is 0.519. The van der Waals surface area contributed by atoms with Gasteiger partial charge in [-0.25, -0.2) is 0 Å². The monoisotopic (exact) mass is 408 g/mol. The molecule has 28 heavy (non-hydrogen) atoms. The van der Waals surface area contributed by atoms with E-state index in [2.05, 4.69) is 33.4 Å². The third kappa shape index (κ3) is 6.15. The maximum atomic E-state index is 5.49. The minimum atomic E-state index is 0.535. The van der Waals surface area contributed by atoms with Crippen LogP contribution in [0.5, 0.6) is 0 Å². The number of thiocarbonyl (C=S) groups is 1. The minimum Gasteiger partial charge on any atom is -0.385 e. The van der Waals surface area contributed by atoms with Gasteiger partial charge in [-0.05, 0) is 37.4 Å². The van der Waals surface area contributed by atoms with E-state index in [9.17, 15) is 0 Å². The molecule has 2 fully saturated rings. The van der Waals surface area contributed by atoms with Crippen LogP contribution in [-0.2, 0) is 9.47 Å². The summed E-state index contributed by atoms with van der Waals surface area (Å²) in [7, 11) is 1.70. The fourth-order valence-corrected chi connectivity index (χ4v) is 3.75. The van der Waals surface area contributed by atoms with Crippen LogP contribution in [0.3, 0.4) is 0 Å². The molecule has 2 N–H and O–H groups in total. The summed E-state index contributed by atoms with van der Waals surface area (Å²) < 4.78 is 10.6. The Morgan fingerprint density at radius 3 is 2.71 bits per heavy atom. The zero-order valence-corrected chi connectivity index (χ0v) is 17.8. The second-order valence-corrected chi connectivity index (χ2v) is 7.84. The smallest absolute Gasteiger partial charge is 0.232 e. The van der Waals surface area contributed by atoms with Gasteiger partial charge in [0.1, 0.15) is 11.6 Å². The van der Waals surface area contributed by atoms with Crippen molar-refractivity contribution in [2.24, 2.45) is 5.92 Å². The maximum Gasteiger partial charge on any atom is 0.232 e. The Kier molecular flexibility index (Phi) is 8.05. The van der Waals surface area contributed by atoms with Gasteiger partial charge in [-0.1, -0.05) is 6.92 Å². The van der Waals surface area contributed by atoms with Crippen LogP contribution in [0.15, 0.2) is 6.07 Å². The maximum absolute atomic E-state index is 5.49. The molecular weight excluding hydrogens is 376 g/mol. The largest absolute Gasteiger partial charge is 0.385 e. The number of aromatic nitrogens is 2. The summed E-state index contributed by atoms with van der Waals surface area (Å²) in [6.45, 7) is 8.94. The Hall–Kier alpha value is -1.71. The van der Waals surface area contributed by atoms with E-state index >= 15 is 0 Å². The van der Waals surface area contributed by atoms with Crippen molar-refractivity contribution in [2.45, 2.75) is 26.2 Å². The topological polar surface area (TPSA) is 74.8 Å². The van der Waals surface area contributed by atoms with Crippen LogP contribution in [0.2, 0.25) is 0 Å². The van der Waals surface area contributed by atoms with Gasteiger partial charge in [-0.3, -0.25) is 0 Å². The Morgan fingerprint density at radius 2 is 2.00 bits per heavy atom. The summed E-state index contributed by atoms with van der Waals surface area (Å²) in [6.07, 6.45) is 3.36. The number of nitrogens with one attached hydrogen (secondary N) is 2. The SMILES string of the molecule is COCCCNC(=S)Nc1nc(N2CCOCC2)cc(N2CCCC(C)C2)n1. The molecule has 1 aromatic rings. The first-order chi connectivity index (χ1) is 13.7. The van der Waals surface area contributed by atoms with Crippen molar-refractivity contribution < 1.29 is 9.47 Å². The summed E-state index contributed by atoms with van der Waals surface area (Å²) in [5.41, 5.74) is 0. The third-order valence-corrected chi connectivity index (χ3v) is 5.30. The van der Waals surface area contributed by atoms with Gasteiger partial charge < -0.3 is 29.9 Å². The molecule has 8 nitrogen and oxygen atoms in total. The standard InChI is InChI=1S/C19H32N6O2S/c1-15-5-3-7-25(14-15)17-13-16(24-8-11-27-12-9-24)21-18(22-17)23-19(28)20-6-4-10-26-2/h13,15H,3-12,14H2,1-2H3,(H2,20,21,22,23,28). The summed E-state index contributed by atoms with van der Waals surface area (Å²) in [6, 6.07) is 2.10. The molecule has 156 valence electrons. The van der Waals surface area contributed by atoms with Gasteiger partial charge in [-0.2, -0.15) is 9.97 Å². The number of morpholine rings is 1. The van der Waals surface area contributed by atoms with E-state index < -0.39 is 0 Å². The molecular formula is C19H32N6O2S. The van der Waals surface area contributed by atoms with Crippen LogP contribution in [0.1, 0.15) is 26.2 Å². The van der Waals surface area contributed by atoms with Crippen LogP contribution < -0.4 is 20.4 Å². The molecule has 0 amide bonds. The highest BCUT2D eigenvalue weighted by Gasteiger charge is 2.21. The predicted molar refractivity (Wildman–Crippen MR) is 116 cm³/mol. The second kappa shape index (κ2) is 10.7. The number of hydrogen-bond acceptors (Lipinski definition) is 7. The van der Waals surface area contributed by atoms with E-state index in [0.717, 1.165) is 64.0 Å². The molecule has 0 spiro atoms. The van der Waals surface area contributed by atoms with E-state index in [0.29, 0.717) is 23.6 Å². The van der Waals surface area contributed by atoms with Gasteiger partial charge in [-0.15, -0.1) is 0 Å². The van der Waals surface area contributed by atoms with Crippen LogP contribution in [0, 0.1) is 5.92 Å². The van der Waals surface area contributed by atoms with E-state index in [-0.39, 0.29) is 0 Å². The lowest BCUT2D eigenvalue weighted by Crippen LogP contribution is -2.38. The van der Waals surface area contributed by atoms with Crippen molar-refractivity contribution in [3.8, 4) is 0 Å². The van der Waals surface area contributed by atoms with Crippen LogP contribution >= 0.6 is 12.2 Å². The van der Waals surface area contributed by atoms with Gasteiger partial charge in [0.05, 0.1) is 13.2 Å². The number of ether oxygens (including phenoxy) is 2.